The first-order chi connectivity index (χ1) is 9.12. The van der Waals surface area contributed by atoms with Gasteiger partial charge in [-0.15, -0.1) is 11.8 Å². The topological polar surface area (TPSA) is 0 Å². The highest BCUT2D eigenvalue weighted by Crippen LogP contribution is 2.49. The zero-order chi connectivity index (χ0) is 13.6. The lowest BCUT2D eigenvalue weighted by Gasteiger charge is -2.41. The number of hydrogen-bond donors (Lipinski definition) is 0. The van der Waals surface area contributed by atoms with Crippen LogP contribution >= 0.6 is 11.8 Å². The first-order valence-corrected chi connectivity index (χ1v) is 9.64. The highest BCUT2D eigenvalue weighted by Gasteiger charge is 2.35. The van der Waals surface area contributed by atoms with Crippen LogP contribution in [0.1, 0.15) is 104 Å². The molecule has 0 atom stereocenters. The van der Waals surface area contributed by atoms with Crippen LogP contribution in [0.25, 0.3) is 0 Å². The summed E-state index contributed by atoms with van der Waals surface area (Å²) < 4.78 is 1.16. The molecule has 0 saturated heterocycles. The van der Waals surface area contributed by atoms with Gasteiger partial charge in [0.05, 0.1) is 0 Å². The summed E-state index contributed by atoms with van der Waals surface area (Å²) >= 11 is 2.39. The van der Waals surface area contributed by atoms with Crippen molar-refractivity contribution < 1.29 is 0 Å². The van der Waals surface area contributed by atoms with E-state index in [2.05, 4.69) is 25.6 Å². The molecule has 0 amide bonds. The van der Waals surface area contributed by atoms with Crippen molar-refractivity contribution in [3.8, 4) is 0 Å². The van der Waals surface area contributed by atoms with Crippen molar-refractivity contribution in [1.82, 2.24) is 0 Å². The van der Waals surface area contributed by atoms with Gasteiger partial charge in [-0.3, -0.25) is 0 Å². The normalized spacial score (nSPS) is 28.7. The summed E-state index contributed by atoms with van der Waals surface area (Å²) in [6.45, 7) is 5.15. The molecule has 0 aliphatic heterocycles. The third-order valence-corrected chi connectivity index (χ3v) is 7.12. The van der Waals surface area contributed by atoms with Crippen molar-refractivity contribution in [2.45, 2.75) is 113 Å². The maximum Gasteiger partial charge on any atom is 0.0137 e. The van der Waals surface area contributed by atoms with Crippen molar-refractivity contribution in [2.75, 3.05) is 0 Å². The van der Waals surface area contributed by atoms with Gasteiger partial charge in [-0.05, 0) is 25.7 Å². The third kappa shape index (κ3) is 5.33. The molecule has 19 heavy (non-hydrogen) atoms. The summed E-state index contributed by atoms with van der Waals surface area (Å²) in [5.74, 6) is 0. The van der Waals surface area contributed by atoms with E-state index < -0.39 is 0 Å². The lowest BCUT2D eigenvalue weighted by Crippen LogP contribution is -2.32. The minimum Gasteiger partial charge on any atom is -0.149 e. The molecule has 0 aromatic rings. The first-order valence-electron chi connectivity index (χ1n) is 8.82. The van der Waals surface area contributed by atoms with E-state index in [0.717, 1.165) is 0 Å². The van der Waals surface area contributed by atoms with Crippen LogP contribution < -0.4 is 0 Å². The highest BCUT2D eigenvalue weighted by atomic mass is 32.2. The molecular weight excluding hydrogens is 248 g/mol. The Balaban J connectivity index is 1.94. The molecular formula is C18H34S. The quantitative estimate of drug-likeness (QED) is 0.541. The Morgan fingerprint density at radius 3 is 1.05 bits per heavy atom. The molecule has 2 fully saturated rings. The van der Waals surface area contributed by atoms with Crippen molar-refractivity contribution in [3.63, 3.8) is 0 Å². The molecule has 2 aliphatic rings. The maximum absolute atomic E-state index is 2.58. The van der Waals surface area contributed by atoms with Crippen LogP contribution in [-0.2, 0) is 0 Å². The van der Waals surface area contributed by atoms with E-state index in [1.54, 1.807) is 0 Å². The van der Waals surface area contributed by atoms with Crippen molar-refractivity contribution >= 4 is 11.8 Å². The Morgan fingerprint density at radius 1 is 0.474 bits per heavy atom. The molecule has 0 spiro atoms. The van der Waals surface area contributed by atoms with E-state index in [4.69, 9.17) is 0 Å². The molecule has 112 valence electrons. The number of hydrogen-bond acceptors (Lipinski definition) is 1. The van der Waals surface area contributed by atoms with Crippen molar-refractivity contribution in [1.29, 1.82) is 0 Å². The fourth-order valence-electron chi connectivity index (χ4n) is 4.11. The second-order valence-corrected chi connectivity index (χ2v) is 9.71. The summed E-state index contributed by atoms with van der Waals surface area (Å²) in [7, 11) is 0. The fraction of sp³-hybridized carbons (Fsp3) is 1.00. The Kier molecular flexibility index (Phi) is 6.11. The van der Waals surface area contributed by atoms with Crippen LogP contribution in [-0.4, -0.2) is 9.49 Å². The molecule has 1 heteroatoms. The molecule has 2 rings (SSSR count). The Bertz CT molecular complexity index is 216. The summed E-state index contributed by atoms with van der Waals surface area (Å²) in [6, 6.07) is 0. The minimum absolute atomic E-state index is 0.578. The first kappa shape index (κ1) is 15.7. The lowest BCUT2D eigenvalue weighted by molar-refractivity contribution is 0.409. The highest BCUT2D eigenvalue weighted by molar-refractivity contribution is 8.01. The van der Waals surface area contributed by atoms with Gasteiger partial charge in [0.2, 0.25) is 0 Å². The Hall–Kier alpha value is 0.350. The predicted molar refractivity (Wildman–Crippen MR) is 89.0 cm³/mol. The number of thioether (sulfide) groups is 1. The predicted octanol–water partition coefficient (Wildman–Crippen LogP) is 6.73. The van der Waals surface area contributed by atoms with Gasteiger partial charge in [0, 0.05) is 9.49 Å². The van der Waals surface area contributed by atoms with Gasteiger partial charge in [-0.25, -0.2) is 0 Å². The SMILES string of the molecule is CC1(SC2(C)CCCCCCC2)CCCCCCC1. The molecule has 0 aromatic heterocycles. The molecule has 0 N–H and O–H groups in total. The van der Waals surface area contributed by atoms with E-state index in [1.165, 1.54) is 89.9 Å². The van der Waals surface area contributed by atoms with Gasteiger partial charge in [0.1, 0.15) is 0 Å². The lowest BCUT2D eigenvalue weighted by atomic mass is 9.91. The molecule has 0 nitrogen and oxygen atoms in total. The second kappa shape index (κ2) is 7.38. The Labute approximate surface area is 125 Å². The third-order valence-electron chi connectivity index (χ3n) is 5.32. The molecule has 0 bridgehead atoms. The minimum atomic E-state index is 0.578. The second-order valence-electron chi connectivity index (χ2n) is 7.54. The summed E-state index contributed by atoms with van der Waals surface area (Å²) in [6.07, 6.45) is 20.6. The van der Waals surface area contributed by atoms with Gasteiger partial charge in [-0.1, -0.05) is 78.1 Å². The van der Waals surface area contributed by atoms with Crippen molar-refractivity contribution in [2.24, 2.45) is 0 Å². The molecule has 0 heterocycles. The average Bonchev–Trinajstić information content (AvgIpc) is 2.31. The van der Waals surface area contributed by atoms with Crippen LogP contribution in [0.5, 0.6) is 0 Å². The van der Waals surface area contributed by atoms with Gasteiger partial charge in [0.25, 0.3) is 0 Å². The standard InChI is InChI=1S/C18H34S/c1-17(13-9-5-3-6-10-14-17)19-18(2)15-11-7-4-8-12-16-18/h3-16H2,1-2H3. The number of rotatable bonds is 2. The zero-order valence-electron chi connectivity index (χ0n) is 13.3. The van der Waals surface area contributed by atoms with Gasteiger partial charge in [0.15, 0.2) is 0 Å². The van der Waals surface area contributed by atoms with Crippen LogP contribution in [0, 0.1) is 0 Å². The van der Waals surface area contributed by atoms with Gasteiger partial charge in [-0.2, -0.15) is 0 Å². The van der Waals surface area contributed by atoms with Crippen molar-refractivity contribution in [3.05, 3.63) is 0 Å². The van der Waals surface area contributed by atoms with Crippen LogP contribution in [0.15, 0.2) is 0 Å². The zero-order valence-corrected chi connectivity index (χ0v) is 14.1. The smallest absolute Gasteiger partial charge is 0.0137 e. The molecule has 0 unspecified atom stereocenters. The van der Waals surface area contributed by atoms with E-state index >= 15 is 0 Å². The largest absolute Gasteiger partial charge is 0.149 e. The fourth-order valence-corrected chi connectivity index (χ4v) is 6.28. The summed E-state index contributed by atoms with van der Waals surface area (Å²) in [5.41, 5.74) is 0. The van der Waals surface area contributed by atoms with Crippen LogP contribution in [0.3, 0.4) is 0 Å². The Morgan fingerprint density at radius 2 is 0.737 bits per heavy atom. The average molecular weight is 283 g/mol. The van der Waals surface area contributed by atoms with Crippen LogP contribution in [0.2, 0.25) is 0 Å². The van der Waals surface area contributed by atoms with Crippen LogP contribution in [0.4, 0.5) is 0 Å². The van der Waals surface area contributed by atoms with E-state index in [0.29, 0.717) is 9.49 Å². The summed E-state index contributed by atoms with van der Waals surface area (Å²) in [5, 5.41) is 0. The van der Waals surface area contributed by atoms with E-state index in [-0.39, 0.29) is 0 Å². The molecule has 0 radical (unpaired) electrons. The van der Waals surface area contributed by atoms with E-state index in [9.17, 15) is 0 Å². The van der Waals surface area contributed by atoms with E-state index in [1.807, 2.05) is 0 Å². The van der Waals surface area contributed by atoms with Gasteiger partial charge < -0.3 is 0 Å². The van der Waals surface area contributed by atoms with Gasteiger partial charge >= 0.3 is 0 Å². The molecule has 2 aliphatic carbocycles. The summed E-state index contributed by atoms with van der Waals surface area (Å²) in [4.78, 5) is 0. The molecule has 0 aromatic carbocycles. The molecule has 2 saturated carbocycles. The monoisotopic (exact) mass is 282 g/mol. The maximum atomic E-state index is 2.58.